The molecule has 0 unspecified atom stereocenters. The van der Waals surface area contributed by atoms with E-state index in [9.17, 15) is 4.79 Å². The zero-order valence-corrected chi connectivity index (χ0v) is 8.80. The van der Waals surface area contributed by atoms with Gasteiger partial charge in [-0.2, -0.15) is 0 Å². The molecule has 0 heterocycles. The maximum absolute atomic E-state index is 11.0. The summed E-state index contributed by atoms with van der Waals surface area (Å²) in [5, 5.41) is 0.691. The second-order valence-electron chi connectivity index (χ2n) is 2.01. The standard InChI is InChI=1S/C8H7ClOS2/c1-11-8(10)12-7-4-2-6(9)3-5-7/h2-5H,1H3. The monoisotopic (exact) mass is 218 g/mol. The molecule has 1 aromatic rings. The minimum absolute atomic E-state index is 0.0947. The molecule has 0 amide bonds. The predicted molar refractivity (Wildman–Crippen MR) is 56.2 cm³/mol. The fraction of sp³-hybridized carbons (Fsp3) is 0.125. The molecule has 0 aromatic heterocycles. The van der Waals surface area contributed by atoms with E-state index >= 15 is 0 Å². The average molecular weight is 219 g/mol. The van der Waals surface area contributed by atoms with Crippen LogP contribution in [0.5, 0.6) is 0 Å². The number of carbonyl (C=O) groups is 1. The van der Waals surface area contributed by atoms with Gasteiger partial charge in [0, 0.05) is 9.92 Å². The van der Waals surface area contributed by atoms with E-state index in [1.165, 1.54) is 23.5 Å². The minimum atomic E-state index is 0.0947. The summed E-state index contributed by atoms with van der Waals surface area (Å²) in [6.07, 6.45) is 1.77. The minimum Gasteiger partial charge on any atom is -0.274 e. The summed E-state index contributed by atoms with van der Waals surface area (Å²) in [5.41, 5.74) is 0. The lowest BCUT2D eigenvalue weighted by Gasteiger charge is -1.96. The van der Waals surface area contributed by atoms with Crippen molar-refractivity contribution in [2.45, 2.75) is 4.90 Å². The molecule has 0 aliphatic heterocycles. The first-order valence-corrected chi connectivity index (χ1v) is 5.65. The van der Waals surface area contributed by atoms with Crippen molar-refractivity contribution in [1.29, 1.82) is 0 Å². The summed E-state index contributed by atoms with van der Waals surface area (Å²) in [7, 11) is 0. The fourth-order valence-corrected chi connectivity index (χ4v) is 1.85. The summed E-state index contributed by atoms with van der Waals surface area (Å²) in [6.45, 7) is 0. The van der Waals surface area contributed by atoms with Crippen LogP contribution >= 0.6 is 35.1 Å². The molecule has 64 valence electrons. The van der Waals surface area contributed by atoms with Crippen molar-refractivity contribution in [2.24, 2.45) is 0 Å². The Morgan fingerprint density at radius 1 is 1.33 bits per heavy atom. The zero-order chi connectivity index (χ0) is 8.97. The summed E-state index contributed by atoms with van der Waals surface area (Å²) < 4.78 is 0.0947. The van der Waals surface area contributed by atoms with Gasteiger partial charge in [0.05, 0.1) is 0 Å². The quantitative estimate of drug-likeness (QED) is 0.666. The Morgan fingerprint density at radius 3 is 2.42 bits per heavy atom. The Labute approximate surface area is 84.9 Å². The highest BCUT2D eigenvalue weighted by atomic mass is 35.5. The highest BCUT2D eigenvalue weighted by Gasteiger charge is 2.01. The molecule has 0 aliphatic carbocycles. The fourth-order valence-electron chi connectivity index (χ4n) is 0.641. The molecular weight excluding hydrogens is 212 g/mol. The molecule has 0 saturated carbocycles. The normalized spacial score (nSPS) is 9.83. The number of benzene rings is 1. The Hall–Kier alpha value is -0.120. The number of halogens is 1. The lowest BCUT2D eigenvalue weighted by atomic mass is 10.4. The molecule has 0 N–H and O–H groups in total. The smallest absolute Gasteiger partial charge is 0.250 e. The summed E-state index contributed by atoms with van der Waals surface area (Å²) in [6, 6.07) is 7.22. The Bertz CT molecular complexity index is 271. The van der Waals surface area contributed by atoms with Gasteiger partial charge in [-0.05, 0) is 42.3 Å². The van der Waals surface area contributed by atoms with E-state index in [2.05, 4.69) is 0 Å². The number of hydrogen-bond donors (Lipinski definition) is 0. The highest BCUT2D eigenvalue weighted by molar-refractivity contribution is 8.38. The van der Waals surface area contributed by atoms with Crippen molar-refractivity contribution >= 4 is 39.6 Å². The molecule has 12 heavy (non-hydrogen) atoms. The number of carbonyl (C=O) groups excluding carboxylic acids is 1. The van der Waals surface area contributed by atoms with E-state index in [1.807, 2.05) is 12.1 Å². The average Bonchev–Trinajstić information content (AvgIpc) is 2.09. The van der Waals surface area contributed by atoms with Crippen LogP contribution in [0.4, 0.5) is 4.79 Å². The molecule has 0 atom stereocenters. The van der Waals surface area contributed by atoms with Gasteiger partial charge in [-0.25, -0.2) is 0 Å². The van der Waals surface area contributed by atoms with Crippen molar-refractivity contribution in [3.05, 3.63) is 29.3 Å². The summed E-state index contributed by atoms with van der Waals surface area (Å²) in [4.78, 5) is 11.9. The molecule has 4 heteroatoms. The highest BCUT2D eigenvalue weighted by Crippen LogP contribution is 2.25. The molecule has 0 saturated heterocycles. The van der Waals surface area contributed by atoms with E-state index in [0.29, 0.717) is 5.02 Å². The van der Waals surface area contributed by atoms with Crippen molar-refractivity contribution in [3.63, 3.8) is 0 Å². The number of thioether (sulfide) groups is 2. The Morgan fingerprint density at radius 2 is 1.92 bits per heavy atom. The van der Waals surface area contributed by atoms with Crippen LogP contribution in [0.25, 0.3) is 0 Å². The molecule has 0 fully saturated rings. The van der Waals surface area contributed by atoms with Crippen molar-refractivity contribution in [1.82, 2.24) is 0 Å². The van der Waals surface area contributed by atoms with Crippen molar-refractivity contribution in [3.8, 4) is 0 Å². The first kappa shape index (κ1) is 9.96. The molecule has 0 aliphatic rings. The van der Waals surface area contributed by atoms with Gasteiger partial charge in [0.2, 0.25) is 0 Å². The molecule has 0 spiro atoms. The number of rotatable bonds is 1. The van der Waals surface area contributed by atoms with E-state index in [0.717, 1.165) is 4.90 Å². The summed E-state index contributed by atoms with van der Waals surface area (Å²) >= 11 is 8.12. The van der Waals surface area contributed by atoms with Gasteiger partial charge in [0.25, 0.3) is 4.45 Å². The predicted octanol–water partition coefficient (Wildman–Crippen LogP) is 3.92. The van der Waals surface area contributed by atoms with Gasteiger partial charge in [-0.3, -0.25) is 4.79 Å². The van der Waals surface area contributed by atoms with Gasteiger partial charge in [0.15, 0.2) is 0 Å². The van der Waals surface area contributed by atoms with Crippen LogP contribution in [0.1, 0.15) is 0 Å². The van der Waals surface area contributed by atoms with Gasteiger partial charge < -0.3 is 0 Å². The van der Waals surface area contributed by atoms with E-state index < -0.39 is 0 Å². The van der Waals surface area contributed by atoms with Crippen LogP contribution in [0.3, 0.4) is 0 Å². The van der Waals surface area contributed by atoms with Crippen LogP contribution in [0.2, 0.25) is 5.02 Å². The molecular formula is C8H7ClOS2. The van der Waals surface area contributed by atoms with E-state index in [1.54, 1.807) is 18.4 Å². The lowest BCUT2D eigenvalue weighted by Crippen LogP contribution is -1.78. The number of hydrogen-bond acceptors (Lipinski definition) is 3. The zero-order valence-electron chi connectivity index (χ0n) is 6.41. The third-order valence-corrected chi connectivity index (χ3v) is 3.19. The van der Waals surface area contributed by atoms with Crippen molar-refractivity contribution < 1.29 is 4.79 Å². The van der Waals surface area contributed by atoms with Crippen LogP contribution in [-0.4, -0.2) is 10.7 Å². The maximum atomic E-state index is 11.0. The lowest BCUT2D eigenvalue weighted by molar-refractivity contribution is 0.276. The molecule has 1 aromatic carbocycles. The Kier molecular flexibility index (Phi) is 3.98. The van der Waals surface area contributed by atoms with E-state index in [4.69, 9.17) is 11.6 Å². The van der Waals surface area contributed by atoms with Crippen LogP contribution in [-0.2, 0) is 0 Å². The van der Waals surface area contributed by atoms with Gasteiger partial charge >= 0.3 is 0 Å². The van der Waals surface area contributed by atoms with E-state index in [-0.39, 0.29) is 4.45 Å². The topological polar surface area (TPSA) is 17.1 Å². The molecule has 1 nitrogen and oxygen atoms in total. The van der Waals surface area contributed by atoms with Gasteiger partial charge in [-0.1, -0.05) is 23.4 Å². The Balaban J connectivity index is 2.64. The van der Waals surface area contributed by atoms with Crippen LogP contribution in [0, 0.1) is 0 Å². The van der Waals surface area contributed by atoms with Crippen molar-refractivity contribution in [2.75, 3.05) is 6.26 Å². The van der Waals surface area contributed by atoms with Gasteiger partial charge in [-0.15, -0.1) is 0 Å². The first-order valence-electron chi connectivity index (χ1n) is 3.24. The maximum Gasteiger partial charge on any atom is 0.250 e. The van der Waals surface area contributed by atoms with Crippen LogP contribution < -0.4 is 0 Å². The second-order valence-corrected chi connectivity index (χ2v) is 4.53. The molecule has 1 rings (SSSR count). The molecule has 0 bridgehead atoms. The first-order chi connectivity index (χ1) is 5.72. The summed E-state index contributed by atoms with van der Waals surface area (Å²) in [5.74, 6) is 0. The van der Waals surface area contributed by atoms with Crippen LogP contribution in [0.15, 0.2) is 29.2 Å². The largest absolute Gasteiger partial charge is 0.274 e. The second kappa shape index (κ2) is 4.80. The third-order valence-electron chi connectivity index (χ3n) is 1.18. The molecule has 0 radical (unpaired) electrons. The van der Waals surface area contributed by atoms with Gasteiger partial charge in [0.1, 0.15) is 0 Å². The third kappa shape index (κ3) is 3.09. The SMILES string of the molecule is CSC(=O)Sc1ccc(Cl)cc1.